The number of nitrogens with one attached hydrogen (secondary N) is 2. The molecule has 1 heterocycles. The Morgan fingerprint density at radius 3 is 2.53 bits per heavy atom. The number of aryl methyl sites for hydroxylation is 1. The third-order valence-corrected chi connectivity index (χ3v) is 3.97. The first-order valence-corrected chi connectivity index (χ1v) is 7.53. The molecule has 0 aromatic carbocycles. The summed E-state index contributed by atoms with van der Waals surface area (Å²) in [5.74, 6) is 3.82. The van der Waals surface area contributed by atoms with Gasteiger partial charge in [-0.3, -0.25) is 0 Å². The summed E-state index contributed by atoms with van der Waals surface area (Å²) in [6.07, 6.45) is 7.52. The maximum absolute atomic E-state index is 4.65. The van der Waals surface area contributed by atoms with Gasteiger partial charge < -0.3 is 10.6 Å². The first kappa shape index (κ1) is 14.1. The summed E-state index contributed by atoms with van der Waals surface area (Å²) < 4.78 is 0. The minimum atomic E-state index is 0.934. The molecule has 1 aromatic rings. The fraction of sp³-hybridized carbons (Fsp3) is 0.733. The standard InChI is InChI=1S/C15H26N4/c1-4-6-13-18-14(16-3)11(2)15(19-13)17-10-9-12-7-5-8-12/h12H,4-10H2,1-3H3,(H2,16,17,18,19). The molecule has 4 heteroatoms. The van der Waals surface area contributed by atoms with Crippen molar-refractivity contribution in [2.45, 2.75) is 52.4 Å². The molecule has 0 aliphatic heterocycles. The highest BCUT2D eigenvalue weighted by molar-refractivity contribution is 5.56. The molecule has 0 radical (unpaired) electrons. The highest BCUT2D eigenvalue weighted by Crippen LogP contribution is 2.29. The molecule has 1 aliphatic rings. The van der Waals surface area contributed by atoms with Gasteiger partial charge in [0.15, 0.2) is 0 Å². The van der Waals surface area contributed by atoms with Crippen molar-refractivity contribution in [3.8, 4) is 0 Å². The molecule has 0 unspecified atom stereocenters. The van der Waals surface area contributed by atoms with E-state index in [9.17, 15) is 0 Å². The average molecular weight is 262 g/mol. The zero-order valence-corrected chi connectivity index (χ0v) is 12.4. The maximum Gasteiger partial charge on any atom is 0.134 e. The third kappa shape index (κ3) is 3.58. The number of aromatic nitrogens is 2. The van der Waals surface area contributed by atoms with Gasteiger partial charge in [-0.15, -0.1) is 0 Å². The van der Waals surface area contributed by atoms with E-state index in [4.69, 9.17) is 0 Å². The largest absolute Gasteiger partial charge is 0.373 e. The highest BCUT2D eigenvalue weighted by atomic mass is 15.1. The Labute approximate surface area is 116 Å². The monoisotopic (exact) mass is 262 g/mol. The predicted molar refractivity (Wildman–Crippen MR) is 80.8 cm³/mol. The zero-order valence-electron chi connectivity index (χ0n) is 12.4. The van der Waals surface area contributed by atoms with Crippen LogP contribution >= 0.6 is 0 Å². The van der Waals surface area contributed by atoms with E-state index < -0.39 is 0 Å². The van der Waals surface area contributed by atoms with E-state index in [1.54, 1.807) is 0 Å². The second kappa shape index (κ2) is 6.73. The van der Waals surface area contributed by atoms with Crippen LogP contribution in [0.1, 0.15) is 50.4 Å². The fourth-order valence-corrected chi connectivity index (χ4v) is 2.49. The first-order valence-electron chi connectivity index (χ1n) is 7.53. The van der Waals surface area contributed by atoms with Crippen LogP contribution in [-0.2, 0) is 6.42 Å². The Hall–Kier alpha value is -1.32. The lowest BCUT2D eigenvalue weighted by Crippen LogP contribution is -2.17. The second-order valence-electron chi connectivity index (χ2n) is 5.47. The van der Waals surface area contributed by atoms with Gasteiger partial charge in [0, 0.05) is 25.6 Å². The molecule has 0 bridgehead atoms. The molecular weight excluding hydrogens is 236 g/mol. The van der Waals surface area contributed by atoms with E-state index in [2.05, 4.69) is 34.4 Å². The SMILES string of the molecule is CCCc1nc(NC)c(C)c(NCCC2CCC2)n1. The molecule has 2 rings (SSSR count). The third-order valence-electron chi connectivity index (χ3n) is 3.97. The molecule has 19 heavy (non-hydrogen) atoms. The predicted octanol–water partition coefficient (Wildman–Crippen LogP) is 3.38. The van der Waals surface area contributed by atoms with E-state index >= 15 is 0 Å². The van der Waals surface area contributed by atoms with Gasteiger partial charge in [0.25, 0.3) is 0 Å². The van der Waals surface area contributed by atoms with Crippen LogP contribution in [0, 0.1) is 12.8 Å². The smallest absolute Gasteiger partial charge is 0.134 e. The van der Waals surface area contributed by atoms with Crippen LogP contribution in [0.2, 0.25) is 0 Å². The van der Waals surface area contributed by atoms with Crippen LogP contribution in [0.3, 0.4) is 0 Å². The Balaban J connectivity index is 2.01. The summed E-state index contributed by atoms with van der Waals surface area (Å²) in [5.41, 5.74) is 1.12. The zero-order chi connectivity index (χ0) is 13.7. The summed E-state index contributed by atoms with van der Waals surface area (Å²) in [4.78, 5) is 9.20. The van der Waals surface area contributed by atoms with Crippen LogP contribution < -0.4 is 10.6 Å². The highest BCUT2D eigenvalue weighted by Gasteiger charge is 2.17. The molecule has 0 atom stereocenters. The van der Waals surface area contributed by atoms with E-state index in [0.717, 1.165) is 48.3 Å². The van der Waals surface area contributed by atoms with Gasteiger partial charge in [0.2, 0.25) is 0 Å². The van der Waals surface area contributed by atoms with E-state index in [1.165, 1.54) is 25.7 Å². The summed E-state index contributed by atoms with van der Waals surface area (Å²) in [7, 11) is 1.92. The molecule has 106 valence electrons. The van der Waals surface area contributed by atoms with Gasteiger partial charge in [0.1, 0.15) is 17.5 Å². The number of hydrogen-bond donors (Lipinski definition) is 2. The number of anilines is 2. The van der Waals surface area contributed by atoms with Crippen LogP contribution in [0.4, 0.5) is 11.6 Å². The van der Waals surface area contributed by atoms with Gasteiger partial charge in [-0.25, -0.2) is 9.97 Å². The average Bonchev–Trinajstić information content (AvgIpc) is 2.35. The van der Waals surface area contributed by atoms with Crippen LogP contribution in [-0.4, -0.2) is 23.6 Å². The molecule has 2 N–H and O–H groups in total. The molecule has 1 fully saturated rings. The van der Waals surface area contributed by atoms with Crippen LogP contribution in [0.5, 0.6) is 0 Å². The van der Waals surface area contributed by atoms with Crippen LogP contribution in [0.15, 0.2) is 0 Å². The molecule has 4 nitrogen and oxygen atoms in total. The van der Waals surface area contributed by atoms with Crippen molar-refractivity contribution in [1.29, 1.82) is 0 Å². The summed E-state index contributed by atoms with van der Waals surface area (Å²) in [5, 5.41) is 6.66. The van der Waals surface area contributed by atoms with Crippen molar-refractivity contribution < 1.29 is 0 Å². The molecule has 1 saturated carbocycles. The minimum Gasteiger partial charge on any atom is -0.373 e. The van der Waals surface area contributed by atoms with Crippen molar-refractivity contribution in [2.24, 2.45) is 5.92 Å². The van der Waals surface area contributed by atoms with Gasteiger partial charge in [0.05, 0.1) is 0 Å². The molecule has 1 aliphatic carbocycles. The summed E-state index contributed by atoms with van der Waals surface area (Å²) >= 11 is 0. The van der Waals surface area contributed by atoms with Crippen molar-refractivity contribution in [1.82, 2.24) is 9.97 Å². The van der Waals surface area contributed by atoms with Crippen molar-refractivity contribution in [3.05, 3.63) is 11.4 Å². The second-order valence-corrected chi connectivity index (χ2v) is 5.47. The normalized spacial score (nSPS) is 15.1. The quantitative estimate of drug-likeness (QED) is 0.791. The lowest BCUT2D eigenvalue weighted by atomic mass is 9.83. The van der Waals surface area contributed by atoms with Gasteiger partial charge in [-0.2, -0.15) is 0 Å². The maximum atomic E-state index is 4.65. The molecule has 0 spiro atoms. The van der Waals surface area contributed by atoms with E-state index in [-0.39, 0.29) is 0 Å². The first-order chi connectivity index (χ1) is 9.24. The van der Waals surface area contributed by atoms with E-state index in [1.807, 2.05) is 7.05 Å². The molecule has 1 aromatic heterocycles. The molecule has 0 saturated heterocycles. The number of rotatable bonds is 7. The lowest BCUT2D eigenvalue weighted by molar-refractivity contribution is 0.303. The molecule has 0 amide bonds. The number of hydrogen-bond acceptors (Lipinski definition) is 4. The minimum absolute atomic E-state index is 0.934. The fourth-order valence-electron chi connectivity index (χ4n) is 2.49. The Kier molecular flexibility index (Phi) is 5.00. The van der Waals surface area contributed by atoms with E-state index in [0.29, 0.717) is 0 Å². The molecular formula is C15H26N4. The Morgan fingerprint density at radius 2 is 1.95 bits per heavy atom. The topological polar surface area (TPSA) is 49.8 Å². The summed E-state index contributed by atoms with van der Waals surface area (Å²) in [6, 6.07) is 0. The lowest BCUT2D eigenvalue weighted by Gasteiger charge is -2.25. The Morgan fingerprint density at radius 1 is 1.21 bits per heavy atom. The van der Waals surface area contributed by atoms with Gasteiger partial charge in [-0.1, -0.05) is 26.2 Å². The van der Waals surface area contributed by atoms with Crippen molar-refractivity contribution in [3.63, 3.8) is 0 Å². The van der Waals surface area contributed by atoms with Gasteiger partial charge >= 0.3 is 0 Å². The van der Waals surface area contributed by atoms with Gasteiger partial charge in [-0.05, 0) is 25.7 Å². The number of nitrogens with zero attached hydrogens (tertiary/aromatic N) is 2. The van der Waals surface area contributed by atoms with Crippen LogP contribution in [0.25, 0.3) is 0 Å². The Bertz CT molecular complexity index is 413. The van der Waals surface area contributed by atoms with Crippen molar-refractivity contribution in [2.75, 3.05) is 24.2 Å². The summed E-state index contributed by atoms with van der Waals surface area (Å²) in [6.45, 7) is 5.26. The van der Waals surface area contributed by atoms with Crippen molar-refractivity contribution >= 4 is 11.6 Å².